The first-order valence-corrected chi connectivity index (χ1v) is 10.6. The van der Waals surface area contributed by atoms with Crippen molar-refractivity contribution < 1.29 is 19.0 Å². The minimum absolute atomic E-state index is 0.0755. The standard InChI is InChI=1S/C22H30BrN3O4/c1-22(2,3)26-20(27)15-30-19-13-17(23)16(12-18(19)28-4)14-24-9-7-11-29-21-8-5-6-10-25-21/h5-6,8,10,12-13,24H,7,9,11,14-15H2,1-4H3,(H,26,27). The van der Waals surface area contributed by atoms with Gasteiger partial charge < -0.3 is 24.8 Å². The maximum atomic E-state index is 12.0. The Kier molecular flexibility index (Phi) is 9.39. The molecular weight excluding hydrogens is 450 g/mol. The molecule has 2 rings (SSSR count). The summed E-state index contributed by atoms with van der Waals surface area (Å²) in [5, 5.41) is 6.25. The second-order valence-corrected chi connectivity index (χ2v) is 8.58. The average Bonchev–Trinajstić information content (AvgIpc) is 2.69. The Hall–Kier alpha value is -2.32. The molecular formula is C22H30BrN3O4. The van der Waals surface area contributed by atoms with Gasteiger partial charge in [0.15, 0.2) is 18.1 Å². The van der Waals surface area contributed by atoms with Crippen molar-refractivity contribution in [3.05, 3.63) is 46.6 Å². The van der Waals surface area contributed by atoms with Crippen LogP contribution in [0.4, 0.5) is 0 Å². The molecule has 7 nitrogen and oxygen atoms in total. The van der Waals surface area contributed by atoms with Crippen LogP contribution >= 0.6 is 15.9 Å². The van der Waals surface area contributed by atoms with Crippen LogP contribution < -0.4 is 24.8 Å². The van der Waals surface area contributed by atoms with E-state index in [1.165, 1.54) is 0 Å². The van der Waals surface area contributed by atoms with E-state index < -0.39 is 0 Å². The molecule has 1 heterocycles. The van der Waals surface area contributed by atoms with Crippen LogP contribution in [-0.4, -0.2) is 43.3 Å². The number of hydrogen-bond acceptors (Lipinski definition) is 6. The normalized spacial score (nSPS) is 11.1. The summed E-state index contributed by atoms with van der Waals surface area (Å²) in [4.78, 5) is 16.1. The molecule has 0 spiro atoms. The van der Waals surface area contributed by atoms with Crippen LogP contribution in [0.1, 0.15) is 32.8 Å². The van der Waals surface area contributed by atoms with E-state index in [1.807, 2.05) is 51.1 Å². The average molecular weight is 480 g/mol. The number of carbonyl (C=O) groups excluding carboxylic acids is 1. The van der Waals surface area contributed by atoms with E-state index in [9.17, 15) is 4.79 Å². The topological polar surface area (TPSA) is 81.7 Å². The van der Waals surface area contributed by atoms with Crippen molar-refractivity contribution in [2.24, 2.45) is 0 Å². The lowest BCUT2D eigenvalue weighted by Crippen LogP contribution is -2.43. The highest BCUT2D eigenvalue weighted by Crippen LogP contribution is 2.33. The summed E-state index contributed by atoms with van der Waals surface area (Å²) in [7, 11) is 1.58. The summed E-state index contributed by atoms with van der Waals surface area (Å²) < 4.78 is 17.6. The predicted molar refractivity (Wildman–Crippen MR) is 120 cm³/mol. The first kappa shape index (κ1) is 24.0. The third-order valence-corrected chi connectivity index (χ3v) is 4.65. The van der Waals surface area contributed by atoms with Crippen molar-refractivity contribution in [2.45, 2.75) is 39.3 Å². The highest BCUT2D eigenvalue weighted by molar-refractivity contribution is 9.10. The van der Waals surface area contributed by atoms with Crippen LogP contribution in [0, 0.1) is 0 Å². The second kappa shape index (κ2) is 11.8. The number of nitrogens with one attached hydrogen (secondary N) is 2. The summed E-state index contributed by atoms with van der Waals surface area (Å²) in [6.07, 6.45) is 2.57. The van der Waals surface area contributed by atoms with Gasteiger partial charge in [0.1, 0.15) is 0 Å². The van der Waals surface area contributed by atoms with E-state index in [1.54, 1.807) is 13.3 Å². The fourth-order valence-electron chi connectivity index (χ4n) is 2.61. The first-order chi connectivity index (χ1) is 14.3. The molecule has 1 amide bonds. The van der Waals surface area contributed by atoms with Gasteiger partial charge in [-0.3, -0.25) is 4.79 Å². The fraction of sp³-hybridized carbons (Fsp3) is 0.455. The lowest BCUT2D eigenvalue weighted by molar-refractivity contribution is -0.124. The molecule has 0 aliphatic heterocycles. The van der Waals surface area contributed by atoms with Crippen LogP contribution in [0.3, 0.4) is 0 Å². The van der Waals surface area contributed by atoms with Gasteiger partial charge in [-0.1, -0.05) is 22.0 Å². The Balaban J connectivity index is 1.80. The number of ether oxygens (including phenoxy) is 3. The van der Waals surface area contributed by atoms with Gasteiger partial charge in [0, 0.05) is 28.8 Å². The number of hydrogen-bond donors (Lipinski definition) is 2. The zero-order valence-corrected chi connectivity index (χ0v) is 19.5. The number of methoxy groups -OCH3 is 1. The molecule has 30 heavy (non-hydrogen) atoms. The number of benzene rings is 1. The van der Waals surface area contributed by atoms with Crippen molar-refractivity contribution in [3.8, 4) is 17.4 Å². The van der Waals surface area contributed by atoms with Gasteiger partial charge in [0.2, 0.25) is 5.88 Å². The minimum Gasteiger partial charge on any atom is -0.493 e. The number of carbonyl (C=O) groups is 1. The molecule has 2 aromatic rings. The molecule has 164 valence electrons. The Morgan fingerprint density at radius 1 is 1.17 bits per heavy atom. The Bertz CT molecular complexity index is 810. The minimum atomic E-state index is -0.302. The monoisotopic (exact) mass is 479 g/mol. The number of halogens is 1. The largest absolute Gasteiger partial charge is 0.493 e. The number of aromatic nitrogens is 1. The number of pyridine rings is 1. The molecule has 0 atom stereocenters. The SMILES string of the molecule is COc1cc(CNCCCOc2ccccn2)c(Br)cc1OCC(=O)NC(C)(C)C. The second-order valence-electron chi connectivity index (χ2n) is 7.73. The van der Waals surface area contributed by atoms with Gasteiger partial charge in [0.25, 0.3) is 5.91 Å². The van der Waals surface area contributed by atoms with Gasteiger partial charge >= 0.3 is 0 Å². The Labute approximate surface area is 186 Å². The molecule has 0 saturated heterocycles. The summed E-state index contributed by atoms with van der Waals surface area (Å²) in [5.74, 6) is 1.55. The third-order valence-electron chi connectivity index (χ3n) is 3.91. The van der Waals surface area contributed by atoms with Gasteiger partial charge in [-0.05, 0) is 57.5 Å². The van der Waals surface area contributed by atoms with E-state index in [-0.39, 0.29) is 18.1 Å². The van der Waals surface area contributed by atoms with E-state index in [0.717, 1.165) is 23.0 Å². The smallest absolute Gasteiger partial charge is 0.258 e. The molecule has 0 radical (unpaired) electrons. The molecule has 0 saturated carbocycles. The van der Waals surface area contributed by atoms with Gasteiger partial charge in [-0.15, -0.1) is 0 Å². The van der Waals surface area contributed by atoms with Crippen molar-refractivity contribution in [2.75, 3.05) is 26.9 Å². The van der Waals surface area contributed by atoms with E-state index in [4.69, 9.17) is 14.2 Å². The Morgan fingerprint density at radius 3 is 2.63 bits per heavy atom. The molecule has 0 unspecified atom stereocenters. The quantitative estimate of drug-likeness (QED) is 0.478. The third kappa shape index (κ3) is 8.59. The van der Waals surface area contributed by atoms with Crippen molar-refractivity contribution >= 4 is 21.8 Å². The van der Waals surface area contributed by atoms with Gasteiger partial charge in [-0.25, -0.2) is 4.98 Å². The van der Waals surface area contributed by atoms with E-state index in [0.29, 0.717) is 30.5 Å². The number of rotatable bonds is 11. The van der Waals surface area contributed by atoms with Crippen molar-refractivity contribution in [3.63, 3.8) is 0 Å². The predicted octanol–water partition coefficient (Wildman–Crippen LogP) is 3.70. The highest BCUT2D eigenvalue weighted by Gasteiger charge is 2.16. The van der Waals surface area contributed by atoms with Crippen LogP contribution in [0.5, 0.6) is 17.4 Å². The maximum Gasteiger partial charge on any atom is 0.258 e. The zero-order chi connectivity index (χ0) is 22.0. The lowest BCUT2D eigenvalue weighted by Gasteiger charge is -2.21. The highest BCUT2D eigenvalue weighted by atomic mass is 79.9. The molecule has 1 aromatic heterocycles. The molecule has 2 N–H and O–H groups in total. The summed E-state index contributed by atoms with van der Waals surface area (Å²) in [6, 6.07) is 9.32. The van der Waals surface area contributed by atoms with E-state index >= 15 is 0 Å². The molecule has 1 aromatic carbocycles. The molecule has 0 aliphatic rings. The lowest BCUT2D eigenvalue weighted by atomic mass is 10.1. The number of nitrogens with zero attached hydrogens (tertiary/aromatic N) is 1. The van der Waals surface area contributed by atoms with E-state index in [2.05, 4.69) is 31.5 Å². The molecule has 0 aliphatic carbocycles. The molecule has 0 bridgehead atoms. The van der Waals surface area contributed by atoms with Crippen LogP contribution in [-0.2, 0) is 11.3 Å². The van der Waals surface area contributed by atoms with Crippen molar-refractivity contribution in [1.82, 2.24) is 15.6 Å². The Morgan fingerprint density at radius 2 is 1.97 bits per heavy atom. The first-order valence-electron chi connectivity index (χ1n) is 9.83. The van der Waals surface area contributed by atoms with Crippen LogP contribution in [0.25, 0.3) is 0 Å². The van der Waals surface area contributed by atoms with Crippen LogP contribution in [0.2, 0.25) is 0 Å². The van der Waals surface area contributed by atoms with Crippen LogP contribution in [0.15, 0.2) is 41.0 Å². The molecule has 8 heteroatoms. The summed E-state index contributed by atoms with van der Waals surface area (Å²) >= 11 is 3.57. The molecule has 0 fully saturated rings. The van der Waals surface area contributed by atoms with Gasteiger partial charge in [0.05, 0.1) is 13.7 Å². The summed E-state index contributed by atoms with van der Waals surface area (Å²) in [5.41, 5.74) is 0.729. The zero-order valence-electron chi connectivity index (χ0n) is 18.0. The van der Waals surface area contributed by atoms with Gasteiger partial charge in [-0.2, -0.15) is 0 Å². The maximum absolute atomic E-state index is 12.0. The van der Waals surface area contributed by atoms with Crippen molar-refractivity contribution in [1.29, 1.82) is 0 Å². The number of amides is 1. The summed E-state index contributed by atoms with van der Waals surface area (Å²) in [6.45, 7) is 7.75. The fourth-order valence-corrected chi connectivity index (χ4v) is 3.07.